The number of halogens is 2. The van der Waals surface area contributed by atoms with Crippen molar-refractivity contribution in [2.45, 2.75) is 40.0 Å². The lowest BCUT2D eigenvalue weighted by Crippen LogP contribution is -2.37. The van der Waals surface area contributed by atoms with Gasteiger partial charge in [0.25, 0.3) is 0 Å². The molecular weight excluding hydrogens is 453 g/mol. The van der Waals surface area contributed by atoms with Crippen molar-refractivity contribution in [1.29, 1.82) is 0 Å². The number of benzene rings is 1. The molecule has 174 valence electrons. The molecule has 1 N–H and O–H groups in total. The number of allylic oxidation sites excluding steroid dienone is 2. The fraction of sp³-hybridized carbons (Fsp3) is 0.458. The SMILES string of the molecule is C=C(C)CC(CO)COC(=O)C1=C(C)N=C(C)C(C(=O)OCC)C1c1cccc(Cl)c1Cl. The van der Waals surface area contributed by atoms with E-state index in [0.717, 1.165) is 5.57 Å². The number of hydrogen-bond donors (Lipinski definition) is 1. The van der Waals surface area contributed by atoms with E-state index in [1.807, 2.05) is 6.92 Å². The maximum Gasteiger partial charge on any atom is 0.336 e. The second-order valence-corrected chi connectivity index (χ2v) is 8.70. The topological polar surface area (TPSA) is 85.2 Å². The average molecular weight is 482 g/mol. The number of aliphatic imine (C=N–C) groups is 1. The molecule has 32 heavy (non-hydrogen) atoms. The van der Waals surface area contributed by atoms with Gasteiger partial charge in [-0.25, -0.2) is 4.79 Å². The summed E-state index contributed by atoms with van der Waals surface area (Å²) < 4.78 is 10.8. The van der Waals surface area contributed by atoms with Crippen LogP contribution in [0.4, 0.5) is 0 Å². The van der Waals surface area contributed by atoms with E-state index in [2.05, 4.69) is 11.6 Å². The Morgan fingerprint density at radius 1 is 1.25 bits per heavy atom. The molecular formula is C24H29Cl2NO5. The minimum Gasteiger partial charge on any atom is -0.465 e. The Balaban J connectivity index is 2.51. The fourth-order valence-corrected chi connectivity index (χ4v) is 4.30. The van der Waals surface area contributed by atoms with Gasteiger partial charge < -0.3 is 14.6 Å². The Kier molecular flexibility index (Phi) is 9.49. The summed E-state index contributed by atoms with van der Waals surface area (Å²) in [4.78, 5) is 30.6. The summed E-state index contributed by atoms with van der Waals surface area (Å²) in [5, 5.41) is 10.1. The van der Waals surface area contributed by atoms with Crippen molar-refractivity contribution in [2.24, 2.45) is 16.8 Å². The van der Waals surface area contributed by atoms with Crippen molar-refractivity contribution in [1.82, 2.24) is 0 Å². The van der Waals surface area contributed by atoms with Gasteiger partial charge in [0.05, 0.1) is 28.8 Å². The van der Waals surface area contributed by atoms with Crippen LogP contribution in [0.1, 0.15) is 45.6 Å². The standard InChI is InChI=1S/C24H29Cl2NO5/c1-6-31-23(29)19-14(4)27-15(5)20(21(19)17-8-7-9-18(25)22(17)26)24(30)32-12-16(11-28)10-13(2)3/h7-9,16,19,21,28H,2,6,10-12H2,1,3-5H3. The molecule has 1 heterocycles. The molecule has 8 heteroatoms. The Bertz CT molecular complexity index is 954. The lowest BCUT2D eigenvalue weighted by atomic mass is 9.75. The van der Waals surface area contributed by atoms with Crippen LogP contribution >= 0.6 is 23.2 Å². The monoisotopic (exact) mass is 481 g/mol. The van der Waals surface area contributed by atoms with E-state index in [-0.39, 0.29) is 36.3 Å². The van der Waals surface area contributed by atoms with Gasteiger partial charge in [0.1, 0.15) is 5.92 Å². The highest BCUT2D eigenvalue weighted by Gasteiger charge is 2.43. The largest absolute Gasteiger partial charge is 0.465 e. The zero-order valence-corrected chi connectivity index (χ0v) is 20.3. The molecule has 0 saturated carbocycles. The van der Waals surface area contributed by atoms with E-state index in [0.29, 0.717) is 28.4 Å². The van der Waals surface area contributed by atoms with E-state index in [1.54, 1.807) is 39.0 Å². The first-order valence-corrected chi connectivity index (χ1v) is 11.2. The Morgan fingerprint density at radius 3 is 2.53 bits per heavy atom. The minimum atomic E-state index is -0.860. The molecule has 3 unspecified atom stereocenters. The number of carbonyl (C=O) groups excluding carboxylic acids is 2. The average Bonchev–Trinajstić information content (AvgIpc) is 2.72. The molecule has 0 amide bonds. The van der Waals surface area contributed by atoms with Crippen molar-refractivity contribution in [3.8, 4) is 0 Å². The smallest absolute Gasteiger partial charge is 0.336 e. The van der Waals surface area contributed by atoms with Crippen molar-refractivity contribution >= 4 is 40.9 Å². The van der Waals surface area contributed by atoms with Gasteiger partial charge in [-0.05, 0) is 45.7 Å². The number of hydrogen-bond acceptors (Lipinski definition) is 6. The highest BCUT2D eigenvalue weighted by atomic mass is 35.5. The third-order valence-electron chi connectivity index (χ3n) is 5.25. The van der Waals surface area contributed by atoms with Crippen molar-refractivity contribution < 1.29 is 24.2 Å². The van der Waals surface area contributed by atoms with Crippen LogP contribution in [-0.2, 0) is 19.1 Å². The predicted octanol–water partition coefficient (Wildman–Crippen LogP) is 5.12. The van der Waals surface area contributed by atoms with Gasteiger partial charge in [-0.2, -0.15) is 0 Å². The van der Waals surface area contributed by atoms with Crippen molar-refractivity contribution in [2.75, 3.05) is 19.8 Å². The molecule has 0 spiro atoms. The molecule has 0 saturated heterocycles. The summed E-state index contributed by atoms with van der Waals surface area (Å²) in [6.45, 7) is 10.8. The summed E-state index contributed by atoms with van der Waals surface area (Å²) in [5.41, 5.74) is 2.53. The normalized spacial score (nSPS) is 19.3. The van der Waals surface area contributed by atoms with E-state index >= 15 is 0 Å². The molecule has 0 radical (unpaired) electrons. The van der Waals surface area contributed by atoms with Gasteiger partial charge in [-0.15, -0.1) is 6.58 Å². The van der Waals surface area contributed by atoms with Crippen LogP contribution in [0.25, 0.3) is 0 Å². The van der Waals surface area contributed by atoms with Crippen LogP contribution in [0.15, 0.2) is 46.6 Å². The van der Waals surface area contributed by atoms with Gasteiger partial charge in [-0.3, -0.25) is 9.79 Å². The Hall–Kier alpha value is -2.15. The zero-order chi connectivity index (χ0) is 24.0. The summed E-state index contributed by atoms with van der Waals surface area (Å²) in [7, 11) is 0. The van der Waals surface area contributed by atoms with Crippen LogP contribution in [-0.4, -0.2) is 42.6 Å². The minimum absolute atomic E-state index is 0.00173. The molecule has 0 aliphatic carbocycles. The zero-order valence-electron chi connectivity index (χ0n) is 18.8. The molecule has 1 aromatic carbocycles. The van der Waals surface area contributed by atoms with E-state index in [4.69, 9.17) is 32.7 Å². The van der Waals surface area contributed by atoms with Gasteiger partial charge >= 0.3 is 11.9 Å². The molecule has 1 aromatic rings. The molecule has 0 fully saturated rings. The van der Waals surface area contributed by atoms with Gasteiger partial charge in [0, 0.05) is 29.9 Å². The third kappa shape index (κ3) is 6.00. The second kappa shape index (κ2) is 11.6. The Labute approximate surface area is 198 Å². The van der Waals surface area contributed by atoms with Crippen molar-refractivity contribution in [3.63, 3.8) is 0 Å². The number of aliphatic hydroxyl groups excluding tert-OH is 1. The number of aliphatic hydroxyl groups is 1. The number of ether oxygens (including phenoxy) is 2. The molecule has 6 nitrogen and oxygen atoms in total. The maximum atomic E-state index is 13.2. The van der Waals surface area contributed by atoms with Gasteiger partial charge in [0.15, 0.2) is 0 Å². The molecule has 1 aliphatic rings. The molecule has 3 atom stereocenters. The quantitative estimate of drug-likeness (QED) is 0.390. The van der Waals surface area contributed by atoms with Crippen LogP contribution in [0.3, 0.4) is 0 Å². The lowest BCUT2D eigenvalue weighted by Gasteiger charge is -2.32. The number of rotatable bonds is 9. The summed E-state index contributed by atoms with van der Waals surface area (Å²) in [6, 6.07) is 5.07. The molecule has 2 rings (SSSR count). The maximum absolute atomic E-state index is 13.2. The van der Waals surface area contributed by atoms with Crippen LogP contribution in [0.5, 0.6) is 0 Å². The summed E-state index contributed by atoms with van der Waals surface area (Å²) in [6.07, 6.45) is 0.522. The number of carbonyl (C=O) groups is 2. The lowest BCUT2D eigenvalue weighted by molar-refractivity contribution is -0.146. The van der Waals surface area contributed by atoms with Gasteiger partial charge in [-0.1, -0.05) is 40.9 Å². The first kappa shape index (κ1) is 26.1. The van der Waals surface area contributed by atoms with Crippen LogP contribution in [0.2, 0.25) is 10.0 Å². The third-order valence-corrected chi connectivity index (χ3v) is 6.08. The van der Waals surface area contributed by atoms with Gasteiger partial charge in [0.2, 0.25) is 0 Å². The molecule has 0 aromatic heterocycles. The second-order valence-electron chi connectivity index (χ2n) is 7.91. The highest BCUT2D eigenvalue weighted by Crippen LogP contribution is 2.44. The molecule has 1 aliphatic heterocycles. The highest BCUT2D eigenvalue weighted by molar-refractivity contribution is 6.42. The van der Waals surface area contributed by atoms with Crippen molar-refractivity contribution in [3.05, 3.63) is 57.2 Å². The number of esters is 2. The summed E-state index contributed by atoms with van der Waals surface area (Å²) >= 11 is 12.7. The molecule has 0 bridgehead atoms. The van der Waals surface area contributed by atoms with E-state index < -0.39 is 23.8 Å². The number of nitrogens with zero attached hydrogens (tertiary/aromatic N) is 1. The first-order valence-electron chi connectivity index (χ1n) is 10.4. The van der Waals surface area contributed by atoms with E-state index in [9.17, 15) is 14.7 Å². The van der Waals surface area contributed by atoms with Crippen LogP contribution in [0, 0.1) is 11.8 Å². The van der Waals surface area contributed by atoms with Crippen LogP contribution < -0.4 is 0 Å². The van der Waals surface area contributed by atoms with E-state index in [1.165, 1.54) is 0 Å². The predicted molar refractivity (Wildman–Crippen MR) is 126 cm³/mol. The first-order chi connectivity index (χ1) is 15.1. The fourth-order valence-electron chi connectivity index (χ4n) is 3.88. The summed E-state index contributed by atoms with van der Waals surface area (Å²) in [5.74, 6) is -3.06. The Morgan fingerprint density at radius 2 is 1.94 bits per heavy atom.